The van der Waals surface area contributed by atoms with Gasteiger partial charge in [-0.05, 0) is 53.4 Å². The highest BCUT2D eigenvalue weighted by atomic mass is 35.5. The van der Waals surface area contributed by atoms with Crippen molar-refractivity contribution in [2.24, 2.45) is 0 Å². The zero-order valence-corrected chi connectivity index (χ0v) is 13.5. The molecule has 0 aliphatic carbocycles. The Hall–Kier alpha value is -2.91. The molecule has 0 unspecified atom stereocenters. The molecular weight excluding hydrogens is 322 g/mol. The summed E-state index contributed by atoms with van der Waals surface area (Å²) in [6, 6.07) is 16.4. The zero-order chi connectivity index (χ0) is 16.9. The number of allylic oxidation sites excluding steroid dienone is 2. The molecule has 0 saturated carbocycles. The largest absolute Gasteiger partial charge is 0.321 e. The van der Waals surface area contributed by atoms with Crippen LogP contribution < -0.4 is 5.56 Å². The highest BCUT2D eigenvalue weighted by Gasteiger charge is 2.00. The molecule has 1 heterocycles. The second-order valence-electron chi connectivity index (χ2n) is 5.26. The van der Waals surface area contributed by atoms with Gasteiger partial charge in [-0.3, -0.25) is 9.59 Å². The molecule has 1 aromatic heterocycles. The molecule has 24 heavy (non-hydrogen) atoms. The van der Waals surface area contributed by atoms with Crippen molar-refractivity contribution in [2.45, 2.75) is 0 Å². The van der Waals surface area contributed by atoms with Crippen LogP contribution in [-0.2, 0) is 4.79 Å². The van der Waals surface area contributed by atoms with Crippen LogP contribution in [0.4, 0.5) is 0 Å². The van der Waals surface area contributed by atoms with E-state index in [-0.39, 0.29) is 11.3 Å². The molecular formula is C20H14ClNO2. The third-order valence-corrected chi connectivity index (χ3v) is 3.77. The summed E-state index contributed by atoms with van der Waals surface area (Å²) in [5.74, 6) is -0.197. The van der Waals surface area contributed by atoms with Crippen LogP contribution in [-0.4, -0.2) is 10.8 Å². The molecule has 0 saturated heterocycles. The zero-order valence-electron chi connectivity index (χ0n) is 12.7. The number of benzene rings is 2. The number of fused-ring (bicyclic) bond motifs is 1. The number of carbonyl (C=O) groups excluding carboxylic acids is 1. The van der Waals surface area contributed by atoms with E-state index in [0.717, 1.165) is 16.5 Å². The Kier molecular flexibility index (Phi) is 4.73. The first-order valence-corrected chi connectivity index (χ1v) is 7.77. The normalized spacial score (nSPS) is 11.5. The minimum Gasteiger partial charge on any atom is -0.321 e. The van der Waals surface area contributed by atoms with Gasteiger partial charge in [0.2, 0.25) is 0 Å². The van der Waals surface area contributed by atoms with Crippen LogP contribution in [0.1, 0.15) is 11.1 Å². The molecule has 3 aromatic rings. The first-order valence-electron chi connectivity index (χ1n) is 7.39. The van der Waals surface area contributed by atoms with Crippen LogP contribution in [0.3, 0.4) is 0 Å². The average Bonchev–Trinajstić information content (AvgIpc) is 2.59. The fourth-order valence-electron chi connectivity index (χ4n) is 2.27. The molecule has 0 bridgehead atoms. The number of aromatic amines is 1. The lowest BCUT2D eigenvalue weighted by Crippen LogP contribution is -2.08. The standard InChI is InChI=1S/C20H14ClNO2/c21-17-9-5-14(6-10-17)7-11-18(23)12-8-16-13-15-3-1-2-4-19(15)22-20(16)24/h1-13H,(H,22,24)/b11-7+,12-8+. The lowest BCUT2D eigenvalue weighted by molar-refractivity contribution is -0.110. The maximum Gasteiger partial charge on any atom is 0.255 e. The van der Waals surface area contributed by atoms with E-state index in [1.54, 1.807) is 24.3 Å². The van der Waals surface area contributed by atoms with Crippen LogP contribution in [0.5, 0.6) is 0 Å². The van der Waals surface area contributed by atoms with Crippen molar-refractivity contribution >= 4 is 40.4 Å². The van der Waals surface area contributed by atoms with Crippen molar-refractivity contribution in [3.05, 3.63) is 93.3 Å². The van der Waals surface area contributed by atoms with E-state index >= 15 is 0 Å². The van der Waals surface area contributed by atoms with Crippen molar-refractivity contribution in [3.8, 4) is 0 Å². The summed E-state index contributed by atoms with van der Waals surface area (Å²) in [4.78, 5) is 26.7. The van der Waals surface area contributed by atoms with Crippen molar-refractivity contribution in [3.63, 3.8) is 0 Å². The topological polar surface area (TPSA) is 49.9 Å². The third-order valence-electron chi connectivity index (χ3n) is 3.52. The summed E-state index contributed by atoms with van der Waals surface area (Å²) in [5.41, 5.74) is 1.87. The van der Waals surface area contributed by atoms with Gasteiger partial charge in [-0.2, -0.15) is 0 Å². The van der Waals surface area contributed by atoms with Crippen LogP contribution in [0.2, 0.25) is 5.02 Å². The van der Waals surface area contributed by atoms with Gasteiger partial charge in [0.15, 0.2) is 5.78 Å². The molecule has 0 radical (unpaired) electrons. The maximum atomic E-state index is 12.0. The molecule has 3 nitrogen and oxygen atoms in total. The first kappa shape index (κ1) is 16.0. The van der Waals surface area contributed by atoms with Crippen LogP contribution >= 0.6 is 11.6 Å². The molecule has 3 rings (SSSR count). The van der Waals surface area contributed by atoms with E-state index < -0.39 is 0 Å². The van der Waals surface area contributed by atoms with Gasteiger partial charge in [-0.1, -0.05) is 48.0 Å². The number of rotatable bonds is 4. The van der Waals surface area contributed by atoms with Crippen LogP contribution in [0.25, 0.3) is 23.1 Å². The smallest absolute Gasteiger partial charge is 0.255 e. The van der Waals surface area contributed by atoms with E-state index in [0.29, 0.717) is 10.6 Å². The Morgan fingerprint density at radius 2 is 1.67 bits per heavy atom. The van der Waals surface area contributed by atoms with Gasteiger partial charge in [0, 0.05) is 16.1 Å². The van der Waals surface area contributed by atoms with E-state index in [1.807, 2.05) is 36.4 Å². The number of para-hydroxylation sites is 1. The Morgan fingerprint density at radius 1 is 0.958 bits per heavy atom. The SMILES string of the molecule is O=C(/C=C/c1ccc(Cl)cc1)/C=C/c1cc2ccccc2[nH]c1=O. The summed E-state index contributed by atoms with van der Waals surface area (Å²) in [6.45, 7) is 0. The van der Waals surface area contributed by atoms with E-state index in [1.165, 1.54) is 18.2 Å². The second kappa shape index (κ2) is 7.11. The molecule has 0 spiro atoms. The number of pyridine rings is 1. The van der Waals surface area contributed by atoms with Gasteiger partial charge in [-0.25, -0.2) is 0 Å². The molecule has 118 valence electrons. The molecule has 0 aliphatic rings. The molecule has 0 fully saturated rings. The third kappa shape index (κ3) is 3.89. The summed E-state index contributed by atoms with van der Waals surface area (Å²) < 4.78 is 0. The predicted octanol–water partition coefficient (Wildman–Crippen LogP) is 4.48. The van der Waals surface area contributed by atoms with Gasteiger partial charge < -0.3 is 4.98 Å². The van der Waals surface area contributed by atoms with Crippen molar-refractivity contribution < 1.29 is 4.79 Å². The van der Waals surface area contributed by atoms with Gasteiger partial charge in [0.05, 0.1) is 0 Å². The minimum atomic E-state index is -0.223. The fourth-order valence-corrected chi connectivity index (χ4v) is 2.39. The van der Waals surface area contributed by atoms with Crippen molar-refractivity contribution in [2.75, 3.05) is 0 Å². The maximum absolute atomic E-state index is 12.0. The van der Waals surface area contributed by atoms with E-state index in [4.69, 9.17) is 11.6 Å². The Bertz CT molecular complexity index is 998. The number of aromatic nitrogens is 1. The van der Waals surface area contributed by atoms with Crippen molar-refractivity contribution in [1.29, 1.82) is 0 Å². The second-order valence-corrected chi connectivity index (χ2v) is 5.70. The summed E-state index contributed by atoms with van der Waals surface area (Å²) in [6.07, 6.45) is 6.06. The van der Waals surface area contributed by atoms with E-state index in [9.17, 15) is 9.59 Å². The lowest BCUT2D eigenvalue weighted by Gasteiger charge is -1.98. The van der Waals surface area contributed by atoms with Gasteiger partial charge in [0.1, 0.15) is 0 Å². The monoisotopic (exact) mass is 335 g/mol. The number of ketones is 1. The van der Waals surface area contributed by atoms with Gasteiger partial charge in [0.25, 0.3) is 5.56 Å². The van der Waals surface area contributed by atoms with Crippen LogP contribution in [0.15, 0.2) is 71.5 Å². The summed E-state index contributed by atoms with van der Waals surface area (Å²) in [7, 11) is 0. The minimum absolute atomic E-state index is 0.197. The highest BCUT2D eigenvalue weighted by Crippen LogP contribution is 2.12. The number of carbonyl (C=O) groups is 1. The Labute approximate surface area is 143 Å². The molecule has 0 aliphatic heterocycles. The fraction of sp³-hybridized carbons (Fsp3) is 0. The Morgan fingerprint density at radius 3 is 2.46 bits per heavy atom. The predicted molar refractivity (Wildman–Crippen MR) is 99.1 cm³/mol. The van der Waals surface area contributed by atoms with Gasteiger partial charge in [-0.15, -0.1) is 0 Å². The number of halogens is 1. The Balaban J connectivity index is 1.77. The average molecular weight is 336 g/mol. The summed E-state index contributed by atoms with van der Waals surface area (Å²) in [5, 5.41) is 1.56. The number of nitrogens with one attached hydrogen (secondary N) is 1. The van der Waals surface area contributed by atoms with Crippen LogP contribution in [0, 0.1) is 0 Å². The summed E-state index contributed by atoms with van der Waals surface area (Å²) >= 11 is 5.81. The van der Waals surface area contributed by atoms with E-state index in [2.05, 4.69) is 4.98 Å². The highest BCUT2D eigenvalue weighted by molar-refractivity contribution is 6.30. The molecule has 0 amide bonds. The number of H-pyrrole nitrogens is 1. The number of hydrogen-bond acceptors (Lipinski definition) is 2. The molecule has 2 aromatic carbocycles. The van der Waals surface area contributed by atoms with Gasteiger partial charge >= 0.3 is 0 Å². The molecule has 1 N–H and O–H groups in total. The quantitative estimate of drug-likeness (QED) is 0.715. The lowest BCUT2D eigenvalue weighted by atomic mass is 10.1. The molecule has 0 atom stereocenters. The molecule has 4 heteroatoms. The van der Waals surface area contributed by atoms with Crippen molar-refractivity contribution in [1.82, 2.24) is 4.98 Å². The first-order chi connectivity index (χ1) is 11.6. The number of hydrogen-bond donors (Lipinski definition) is 1.